The van der Waals surface area contributed by atoms with Crippen molar-refractivity contribution in [1.82, 2.24) is 19.9 Å². The molecule has 0 radical (unpaired) electrons. The zero-order chi connectivity index (χ0) is 13.5. The molecule has 0 aliphatic heterocycles. The van der Waals surface area contributed by atoms with E-state index in [4.69, 9.17) is 0 Å². The molecule has 19 heavy (non-hydrogen) atoms. The van der Waals surface area contributed by atoms with Gasteiger partial charge in [-0.2, -0.15) is 0 Å². The molecule has 0 N–H and O–H groups in total. The van der Waals surface area contributed by atoms with E-state index in [2.05, 4.69) is 33.9 Å². The van der Waals surface area contributed by atoms with Crippen LogP contribution in [0.3, 0.4) is 0 Å². The van der Waals surface area contributed by atoms with Crippen LogP contribution < -0.4 is 0 Å². The van der Waals surface area contributed by atoms with E-state index in [9.17, 15) is 0 Å². The van der Waals surface area contributed by atoms with E-state index in [1.54, 1.807) is 6.20 Å². The minimum absolute atomic E-state index is 0.692. The summed E-state index contributed by atoms with van der Waals surface area (Å²) in [5.41, 5.74) is 2.01. The molecular formula is C15H20N4. The lowest BCUT2D eigenvalue weighted by molar-refractivity contribution is 0.394. The Morgan fingerprint density at radius 3 is 2.42 bits per heavy atom. The summed E-state index contributed by atoms with van der Waals surface area (Å²) in [6.45, 7) is 1.13. The van der Waals surface area contributed by atoms with Gasteiger partial charge in [-0.25, -0.2) is 9.97 Å². The van der Waals surface area contributed by atoms with Crippen LogP contribution in [0.2, 0.25) is 0 Å². The zero-order valence-electron chi connectivity index (χ0n) is 11.6. The Morgan fingerprint density at radius 1 is 1.00 bits per heavy atom. The number of nitrogens with zero attached hydrogens (tertiary/aromatic N) is 4. The number of aromatic nitrogens is 3. The van der Waals surface area contributed by atoms with Crippen molar-refractivity contribution in [3.63, 3.8) is 0 Å². The zero-order valence-corrected chi connectivity index (χ0v) is 11.6. The smallest absolute Gasteiger partial charge is 0.178 e. The standard InChI is InChI=1S/C15H20N4/c1-19(2)10-6-4-7-13-11-17-15(18-12-13)14-8-3-5-9-16-14/h3,5,8-9,11-12H,4,6-7,10H2,1-2H3. The van der Waals surface area contributed by atoms with Gasteiger partial charge in [0, 0.05) is 18.6 Å². The maximum Gasteiger partial charge on any atom is 0.178 e. The molecule has 0 saturated heterocycles. The summed E-state index contributed by atoms with van der Waals surface area (Å²) in [5, 5.41) is 0. The van der Waals surface area contributed by atoms with Crippen molar-refractivity contribution in [2.24, 2.45) is 0 Å². The van der Waals surface area contributed by atoms with Gasteiger partial charge in [0.25, 0.3) is 0 Å². The van der Waals surface area contributed by atoms with Crippen molar-refractivity contribution in [2.45, 2.75) is 19.3 Å². The number of hydrogen-bond donors (Lipinski definition) is 0. The fraction of sp³-hybridized carbons (Fsp3) is 0.400. The van der Waals surface area contributed by atoms with E-state index in [0.29, 0.717) is 5.82 Å². The maximum atomic E-state index is 4.38. The summed E-state index contributed by atoms with van der Waals surface area (Å²) < 4.78 is 0. The van der Waals surface area contributed by atoms with Crippen LogP contribution in [-0.2, 0) is 6.42 Å². The summed E-state index contributed by atoms with van der Waals surface area (Å²) in [4.78, 5) is 15.2. The molecule has 0 saturated carbocycles. The molecule has 2 heterocycles. The Morgan fingerprint density at radius 2 is 1.79 bits per heavy atom. The third kappa shape index (κ3) is 4.41. The molecule has 0 bridgehead atoms. The van der Waals surface area contributed by atoms with Crippen molar-refractivity contribution in [1.29, 1.82) is 0 Å². The molecule has 2 aromatic heterocycles. The number of pyridine rings is 1. The molecule has 4 heteroatoms. The highest BCUT2D eigenvalue weighted by atomic mass is 15.0. The van der Waals surface area contributed by atoms with Crippen LogP contribution in [0.5, 0.6) is 0 Å². The second kappa shape index (κ2) is 6.95. The minimum atomic E-state index is 0.692. The minimum Gasteiger partial charge on any atom is -0.309 e. The van der Waals surface area contributed by atoms with Gasteiger partial charge in [0.2, 0.25) is 0 Å². The number of unbranched alkanes of at least 4 members (excludes halogenated alkanes) is 1. The van der Waals surface area contributed by atoms with Gasteiger partial charge in [0.1, 0.15) is 5.69 Å². The van der Waals surface area contributed by atoms with E-state index in [0.717, 1.165) is 18.7 Å². The Balaban J connectivity index is 1.88. The molecule has 0 aliphatic carbocycles. The Kier molecular flexibility index (Phi) is 4.98. The van der Waals surface area contributed by atoms with E-state index < -0.39 is 0 Å². The van der Waals surface area contributed by atoms with Crippen LogP contribution in [0.4, 0.5) is 0 Å². The lowest BCUT2D eigenvalue weighted by atomic mass is 10.1. The first-order valence-electron chi connectivity index (χ1n) is 6.63. The van der Waals surface area contributed by atoms with Gasteiger partial charge in [-0.15, -0.1) is 0 Å². The average molecular weight is 256 g/mol. The Bertz CT molecular complexity index is 479. The van der Waals surface area contributed by atoms with E-state index in [1.165, 1.54) is 18.4 Å². The van der Waals surface area contributed by atoms with Gasteiger partial charge in [-0.3, -0.25) is 4.98 Å². The fourth-order valence-electron chi connectivity index (χ4n) is 1.87. The monoisotopic (exact) mass is 256 g/mol. The van der Waals surface area contributed by atoms with E-state index >= 15 is 0 Å². The largest absolute Gasteiger partial charge is 0.309 e. The van der Waals surface area contributed by atoms with Crippen LogP contribution >= 0.6 is 0 Å². The summed E-state index contributed by atoms with van der Waals surface area (Å²) in [5.74, 6) is 0.692. The second-order valence-corrected chi connectivity index (χ2v) is 4.89. The van der Waals surface area contributed by atoms with Crippen molar-refractivity contribution in [3.05, 3.63) is 42.4 Å². The average Bonchev–Trinajstić information content (AvgIpc) is 2.45. The third-order valence-corrected chi connectivity index (χ3v) is 2.92. The molecule has 100 valence electrons. The van der Waals surface area contributed by atoms with Crippen LogP contribution in [0.1, 0.15) is 18.4 Å². The number of rotatable bonds is 6. The highest BCUT2D eigenvalue weighted by Crippen LogP contribution is 2.11. The highest BCUT2D eigenvalue weighted by Gasteiger charge is 2.02. The SMILES string of the molecule is CN(C)CCCCc1cnc(-c2ccccn2)nc1. The maximum absolute atomic E-state index is 4.38. The van der Waals surface area contributed by atoms with Gasteiger partial charge < -0.3 is 4.90 Å². The summed E-state index contributed by atoms with van der Waals surface area (Å²) in [7, 11) is 4.20. The van der Waals surface area contributed by atoms with Crippen molar-refractivity contribution < 1.29 is 0 Å². The van der Waals surface area contributed by atoms with Crippen molar-refractivity contribution >= 4 is 0 Å². The molecule has 0 aliphatic rings. The first-order chi connectivity index (χ1) is 9.25. The lowest BCUT2D eigenvalue weighted by Gasteiger charge is -2.08. The lowest BCUT2D eigenvalue weighted by Crippen LogP contribution is -2.12. The predicted molar refractivity (Wildman–Crippen MR) is 76.8 cm³/mol. The molecule has 0 amide bonds. The molecular weight excluding hydrogens is 236 g/mol. The van der Waals surface area contributed by atoms with Crippen molar-refractivity contribution in [2.75, 3.05) is 20.6 Å². The Labute approximate surface area is 114 Å². The molecule has 2 rings (SSSR count). The molecule has 4 nitrogen and oxygen atoms in total. The fourth-order valence-corrected chi connectivity index (χ4v) is 1.87. The van der Waals surface area contributed by atoms with Crippen LogP contribution in [-0.4, -0.2) is 40.5 Å². The molecule has 0 spiro atoms. The van der Waals surface area contributed by atoms with Gasteiger partial charge >= 0.3 is 0 Å². The number of aryl methyl sites for hydroxylation is 1. The Hall–Kier alpha value is -1.81. The third-order valence-electron chi connectivity index (χ3n) is 2.92. The van der Waals surface area contributed by atoms with E-state index in [-0.39, 0.29) is 0 Å². The summed E-state index contributed by atoms with van der Waals surface area (Å²) in [6.07, 6.45) is 8.99. The second-order valence-electron chi connectivity index (χ2n) is 4.89. The van der Waals surface area contributed by atoms with Crippen LogP contribution in [0, 0.1) is 0 Å². The van der Waals surface area contributed by atoms with Gasteiger partial charge in [-0.05, 0) is 57.6 Å². The quantitative estimate of drug-likeness (QED) is 0.744. The first-order valence-corrected chi connectivity index (χ1v) is 6.63. The molecule has 2 aromatic rings. The topological polar surface area (TPSA) is 41.9 Å². The van der Waals surface area contributed by atoms with E-state index in [1.807, 2.05) is 30.6 Å². The highest BCUT2D eigenvalue weighted by molar-refractivity contribution is 5.47. The van der Waals surface area contributed by atoms with Crippen molar-refractivity contribution in [3.8, 4) is 11.5 Å². The van der Waals surface area contributed by atoms with Crippen LogP contribution in [0.25, 0.3) is 11.5 Å². The molecule has 0 fully saturated rings. The summed E-state index contributed by atoms with van der Waals surface area (Å²) in [6, 6.07) is 5.76. The normalized spacial score (nSPS) is 10.9. The first kappa shape index (κ1) is 13.6. The summed E-state index contributed by atoms with van der Waals surface area (Å²) >= 11 is 0. The van der Waals surface area contributed by atoms with Gasteiger partial charge in [0.15, 0.2) is 5.82 Å². The molecule has 0 aromatic carbocycles. The van der Waals surface area contributed by atoms with Gasteiger partial charge in [-0.1, -0.05) is 6.07 Å². The van der Waals surface area contributed by atoms with Crippen LogP contribution in [0.15, 0.2) is 36.8 Å². The predicted octanol–water partition coefficient (Wildman–Crippen LogP) is 2.42. The number of hydrogen-bond acceptors (Lipinski definition) is 4. The molecule has 0 atom stereocenters. The molecule has 0 unspecified atom stereocenters. The van der Waals surface area contributed by atoms with Gasteiger partial charge in [0.05, 0.1) is 0 Å².